The average molecular weight is 344 g/mol. The van der Waals surface area contributed by atoms with E-state index >= 15 is 0 Å². The highest BCUT2D eigenvalue weighted by molar-refractivity contribution is 9.10. The lowest BCUT2D eigenvalue weighted by Crippen LogP contribution is -2.04. The minimum absolute atomic E-state index is 0.607. The molecule has 0 aliphatic carbocycles. The molecule has 5 heteroatoms. The van der Waals surface area contributed by atoms with Crippen molar-refractivity contribution in [2.24, 2.45) is 0 Å². The molecule has 0 aliphatic heterocycles. The van der Waals surface area contributed by atoms with Crippen molar-refractivity contribution in [2.75, 3.05) is 12.4 Å². The highest BCUT2D eigenvalue weighted by Gasteiger charge is 2.07. The van der Waals surface area contributed by atoms with Gasteiger partial charge in [0.1, 0.15) is 5.82 Å². The molecule has 4 nitrogen and oxygen atoms in total. The molecule has 106 valence electrons. The van der Waals surface area contributed by atoms with Crippen LogP contribution in [0.1, 0.15) is 5.56 Å². The van der Waals surface area contributed by atoms with Gasteiger partial charge in [0.25, 0.3) is 0 Å². The van der Waals surface area contributed by atoms with Gasteiger partial charge in [-0.2, -0.15) is 0 Å². The number of hydrogen-bond donors (Lipinski definition) is 1. The number of methoxy groups -OCH3 is 1. The molecular formula is C16H14BrN3O. The van der Waals surface area contributed by atoms with Crippen LogP contribution in [-0.4, -0.2) is 17.1 Å². The van der Waals surface area contributed by atoms with Crippen LogP contribution in [0.5, 0.6) is 5.88 Å². The van der Waals surface area contributed by atoms with Crippen LogP contribution in [0.25, 0.3) is 10.8 Å². The molecule has 1 aromatic carbocycles. The number of rotatable bonds is 4. The zero-order valence-corrected chi connectivity index (χ0v) is 13.1. The predicted octanol–water partition coefficient (Wildman–Crippen LogP) is 4.01. The first kappa shape index (κ1) is 13.8. The third-order valence-corrected chi connectivity index (χ3v) is 3.93. The van der Waals surface area contributed by atoms with Crippen LogP contribution in [0, 0.1) is 0 Å². The molecule has 0 saturated carbocycles. The smallest absolute Gasteiger partial charge is 0.218 e. The Kier molecular flexibility index (Phi) is 4.01. The molecule has 21 heavy (non-hydrogen) atoms. The van der Waals surface area contributed by atoms with Crippen molar-refractivity contribution in [1.82, 2.24) is 9.97 Å². The summed E-state index contributed by atoms with van der Waals surface area (Å²) in [4.78, 5) is 8.62. The number of benzene rings is 1. The lowest BCUT2D eigenvalue weighted by atomic mass is 10.1. The van der Waals surface area contributed by atoms with Crippen molar-refractivity contribution < 1.29 is 4.74 Å². The summed E-state index contributed by atoms with van der Waals surface area (Å²) in [5.41, 5.74) is 0.994. The van der Waals surface area contributed by atoms with Gasteiger partial charge in [-0.15, -0.1) is 0 Å². The SMILES string of the molecule is COc1ncccc1CNc1nccc2c(Br)cccc12. The summed E-state index contributed by atoms with van der Waals surface area (Å²) in [6.07, 6.45) is 3.52. The fourth-order valence-corrected chi connectivity index (χ4v) is 2.73. The number of nitrogens with one attached hydrogen (secondary N) is 1. The van der Waals surface area contributed by atoms with Crippen molar-refractivity contribution in [3.05, 3.63) is 58.8 Å². The molecular weight excluding hydrogens is 330 g/mol. The second kappa shape index (κ2) is 6.10. The number of pyridine rings is 2. The number of halogens is 1. The Morgan fingerprint density at radius 1 is 1.05 bits per heavy atom. The minimum Gasteiger partial charge on any atom is -0.481 e. The van der Waals surface area contributed by atoms with E-state index in [9.17, 15) is 0 Å². The van der Waals surface area contributed by atoms with Crippen LogP contribution < -0.4 is 10.1 Å². The van der Waals surface area contributed by atoms with E-state index in [1.165, 1.54) is 0 Å². The second-order valence-electron chi connectivity index (χ2n) is 4.52. The lowest BCUT2D eigenvalue weighted by Gasteiger charge is -2.11. The summed E-state index contributed by atoms with van der Waals surface area (Å²) in [7, 11) is 1.62. The largest absolute Gasteiger partial charge is 0.481 e. The van der Waals surface area contributed by atoms with Crippen LogP contribution >= 0.6 is 15.9 Å². The van der Waals surface area contributed by atoms with E-state index < -0.39 is 0 Å². The van der Waals surface area contributed by atoms with Crippen LogP contribution in [0.4, 0.5) is 5.82 Å². The molecule has 3 rings (SSSR count). The van der Waals surface area contributed by atoms with E-state index in [2.05, 4.69) is 37.3 Å². The van der Waals surface area contributed by atoms with Crippen molar-refractivity contribution >= 4 is 32.5 Å². The first-order chi connectivity index (χ1) is 10.3. The first-order valence-corrected chi connectivity index (χ1v) is 7.34. The molecule has 3 aromatic rings. The Morgan fingerprint density at radius 3 is 2.81 bits per heavy atom. The molecule has 0 unspecified atom stereocenters. The summed E-state index contributed by atoms with van der Waals surface area (Å²) in [6, 6.07) is 12.0. The molecule has 2 heterocycles. The molecule has 0 saturated heterocycles. The van der Waals surface area contributed by atoms with Crippen LogP contribution in [0.15, 0.2) is 53.3 Å². The van der Waals surface area contributed by atoms with Crippen molar-refractivity contribution in [3.8, 4) is 5.88 Å². The summed E-state index contributed by atoms with van der Waals surface area (Å²) in [6.45, 7) is 0.607. The lowest BCUT2D eigenvalue weighted by molar-refractivity contribution is 0.393. The van der Waals surface area contributed by atoms with Gasteiger partial charge in [0, 0.05) is 39.7 Å². The van der Waals surface area contributed by atoms with Crippen molar-refractivity contribution in [3.63, 3.8) is 0 Å². The van der Waals surface area contributed by atoms with Gasteiger partial charge < -0.3 is 10.1 Å². The Labute approximate surface area is 131 Å². The van der Waals surface area contributed by atoms with Gasteiger partial charge in [0.05, 0.1) is 7.11 Å². The monoisotopic (exact) mass is 343 g/mol. The summed E-state index contributed by atoms with van der Waals surface area (Å²) in [5, 5.41) is 5.56. The van der Waals surface area contributed by atoms with Gasteiger partial charge in [-0.05, 0) is 18.2 Å². The third kappa shape index (κ3) is 2.83. The summed E-state index contributed by atoms with van der Waals surface area (Å²) in [5.74, 6) is 1.48. The maximum absolute atomic E-state index is 5.26. The second-order valence-corrected chi connectivity index (χ2v) is 5.37. The first-order valence-electron chi connectivity index (χ1n) is 6.54. The average Bonchev–Trinajstić information content (AvgIpc) is 2.53. The van der Waals surface area contributed by atoms with E-state index in [-0.39, 0.29) is 0 Å². The van der Waals surface area contributed by atoms with Gasteiger partial charge >= 0.3 is 0 Å². The topological polar surface area (TPSA) is 47.0 Å². The van der Waals surface area contributed by atoms with Crippen LogP contribution in [0.3, 0.4) is 0 Å². The normalized spacial score (nSPS) is 10.6. The van der Waals surface area contributed by atoms with Crippen LogP contribution in [0.2, 0.25) is 0 Å². The Bertz CT molecular complexity index is 776. The van der Waals surface area contributed by atoms with Crippen LogP contribution in [-0.2, 0) is 6.54 Å². The molecule has 0 amide bonds. The zero-order chi connectivity index (χ0) is 14.7. The minimum atomic E-state index is 0.607. The Morgan fingerprint density at radius 2 is 1.95 bits per heavy atom. The van der Waals surface area contributed by atoms with Gasteiger partial charge in [0.2, 0.25) is 5.88 Å². The number of nitrogens with zero attached hydrogens (tertiary/aromatic N) is 2. The van der Waals surface area contributed by atoms with Gasteiger partial charge in [-0.25, -0.2) is 9.97 Å². The van der Waals surface area contributed by atoms with E-state index in [4.69, 9.17) is 4.74 Å². The third-order valence-electron chi connectivity index (χ3n) is 3.24. The van der Waals surface area contributed by atoms with Crippen molar-refractivity contribution in [2.45, 2.75) is 6.54 Å². The fourth-order valence-electron chi connectivity index (χ4n) is 2.23. The Balaban J connectivity index is 1.91. The number of aromatic nitrogens is 2. The van der Waals surface area contributed by atoms with Gasteiger partial charge in [-0.1, -0.05) is 34.1 Å². The molecule has 1 N–H and O–H groups in total. The highest BCUT2D eigenvalue weighted by atomic mass is 79.9. The zero-order valence-electron chi connectivity index (χ0n) is 11.5. The van der Waals surface area contributed by atoms with Gasteiger partial charge in [0.15, 0.2) is 0 Å². The van der Waals surface area contributed by atoms with Gasteiger partial charge in [-0.3, -0.25) is 0 Å². The van der Waals surface area contributed by atoms with E-state index in [1.807, 2.05) is 30.3 Å². The molecule has 0 fully saturated rings. The molecule has 0 radical (unpaired) electrons. The molecule has 0 atom stereocenters. The number of hydrogen-bond acceptors (Lipinski definition) is 4. The Hall–Kier alpha value is -2.14. The van der Waals surface area contributed by atoms with E-state index in [0.717, 1.165) is 26.6 Å². The molecule has 0 spiro atoms. The summed E-state index contributed by atoms with van der Waals surface area (Å²) < 4.78 is 6.32. The molecule has 0 bridgehead atoms. The maximum Gasteiger partial charge on any atom is 0.218 e. The number of fused-ring (bicyclic) bond motifs is 1. The molecule has 2 aromatic heterocycles. The predicted molar refractivity (Wildman–Crippen MR) is 87.6 cm³/mol. The number of ether oxygens (including phenoxy) is 1. The highest BCUT2D eigenvalue weighted by Crippen LogP contribution is 2.28. The quantitative estimate of drug-likeness (QED) is 0.777. The fraction of sp³-hybridized carbons (Fsp3) is 0.125. The summed E-state index contributed by atoms with van der Waals surface area (Å²) >= 11 is 3.56. The number of anilines is 1. The van der Waals surface area contributed by atoms with Crippen molar-refractivity contribution in [1.29, 1.82) is 0 Å². The van der Waals surface area contributed by atoms with E-state index in [0.29, 0.717) is 12.4 Å². The standard InChI is InChI=1S/C16H14BrN3O/c1-21-16-11(4-3-8-19-16)10-20-15-13-5-2-6-14(17)12(13)7-9-18-15/h2-9H,10H2,1H3,(H,18,20). The maximum atomic E-state index is 5.26. The van der Waals surface area contributed by atoms with E-state index in [1.54, 1.807) is 19.5 Å². The molecule has 0 aliphatic rings.